The van der Waals surface area contributed by atoms with Crippen molar-refractivity contribution in [3.8, 4) is 0 Å². The Bertz CT molecular complexity index is 444. The highest BCUT2D eigenvalue weighted by Crippen LogP contribution is 2.35. The largest absolute Gasteiger partial charge is 0.393 e. The predicted molar refractivity (Wildman–Crippen MR) is 67.2 cm³/mol. The molecule has 1 aromatic heterocycles. The van der Waals surface area contributed by atoms with Crippen molar-refractivity contribution in [3.05, 3.63) is 11.7 Å². The quantitative estimate of drug-likeness (QED) is 0.854. The van der Waals surface area contributed by atoms with Gasteiger partial charge in [-0.1, -0.05) is 19.0 Å². The van der Waals surface area contributed by atoms with Crippen molar-refractivity contribution in [1.29, 1.82) is 0 Å². The molecule has 1 aliphatic rings. The number of aromatic nitrogens is 2. The minimum Gasteiger partial charge on any atom is -0.338 e. The van der Waals surface area contributed by atoms with Gasteiger partial charge >= 0.3 is 6.18 Å². The van der Waals surface area contributed by atoms with Gasteiger partial charge in [0, 0.05) is 12.5 Å². The van der Waals surface area contributed by atoms with Gasteiger partial charge in [-0.05, 0) is 26.3 Å². The van der Waals surface area contributed by atoms with Gasteiger partial charge in [-0.3, -0.25) is 4.90 Å². The second-order valence-electron chi connectivity index (χ2n) is 5.70. The van der Waals surface area contributed by atoms with Crippen LogP contribution >= 0.6 is 0 Å². The first-order chi connectivity index (χ1) is 9.29. The van der Waals surface area contributed by atoms with Crippen molar-refractivity contribution in [1.82, 2.24) is 15.0 Å². The molecule has 7 heteroatoms. The number of alkyl halides is 3. The number of nitrogens with zero attached hydrogens (tertiary/aromatic N) is 3. The van der Waals surface area contributed by atoms with Crippen molar-refractivity contribution in [2.75, 3.05) is 13.1 Å². The molecule has 0 unspecified atom stereocenters. The van der Waals surface area contributed by atoms with Crippen molar-refractivity contribution in [2.45, 2.75) is 51.7 Å². The first-order valence-electron chi connectivity index (χ1n) is 6.93. The Balaban J connectivity index is 2.06. The van der Waals surface area contributed by atoms with Crippen LogP contribution in [0, 0.1) is 5.92 Å². The fraction of sp³-hybridized carbons (Fsp3) is 0.846. The molecule has 2 rings (SSSR count). The molecule has 1 fully saturated rings. The summed E-state index contributed by atoms with van der Waals surface area (Å²) in [5, 5.41) is 3.86. The van der Waals surface area contributed by atoms with E-state index in [1.807, 2.05) is 20.8 Å². The van der Waals surface area contributed by atoms with Crippen LogP contribution in [-0.4, -0.2) is 34.3 Å². The number of hydrogen-bond donors (Lipinski definition) is 0. The molecule has 1 saturated heterocycles. The molecule has 1 aliphatic heterocycles. The van der Waals surface area contributed by atoms with Crippen molar-refractivity contribution >= 4 is 0 Å². The summed E-state index contributed by atoms with van der Waals surface area (Å²) < 4.78 is 43.6. The fourth-order valence-electron chi connectivity index (χ4n) is 2.43. The molecule has 1 aromatic rings. The van der Waals surface area contributed by atoms with E-state index in [1.54, 1.807) is 4.90 Å². The molecular weight excluding hydrogens is 271 g/mol. The Morgan fingerprint density at radius 2 is 2.00 bits per heavy atom. The van der Waals surface area contributed by atoms with E-state index in [1.165, 1.54) is 0 Å². The highest BCUT2D eigenvalue weighted by atomic mass is 19.4. The molecule has 0 saturated carbocycles. The lowest BCUT2D eigenvalue weighted by Gasteiger charge is -2.36. The SMILES string of the molecule is CC(C)c1noc([C@@H](C)N2CCC[C@H](C(F)(F)F)C2)n1. The second-order valence-corrected chi connectivity index (χ2v) is 5.70. The highest BCUT2D eigenvalue weighted by Gasteiger charge is 2.43. The van der Waals surface area contributed by atoms with Crippen molar-refractivity contribution in [3.63, 3.8) is 0 Å². The second kappa shape index (κ2) is 5.71. The summed E-state index contributed by atoms with van der Waals surface area (Å²) in [5.41, 5.74) is 0. The number of halogens is 3. The standard InChI is InChI=1S/C13H20F3N3O/c1-8(2)11-17-12(20-18-11)9(3)19-6-4-5-10(7-19)13(14,15)16/h8-10H,4-7H2,1-3H3/t9-,10+/m1/s1. The molecule has 0 N–H and O–H groups in total. The molecular formula is C13H20F3N3O. The summed E-state index contributed by atoms with van der Waals surface area (Å²) in [6, 6.07) is -0.278. The predicted octanol–water partition coefficient (Wildman–Crippen LogP) is 3.53. The van der Waals surface area contributed by atoms with Gasteiger partial charge in [0.05, 0.1) is 12.0 Å². The van der Waals surface area contributed by atoms with Crippen molar-refractivity contribution < 1.29 is 17.7 Å². The molecule has 0 radical (unpaired) electrons. The van der Waals surface area contributed by atoms with E-state index < -0.39 is 12.1 Å². The molecule has 2 heterocycles. The Labute approximate surface area is 116 Å². The first-order valence-corrected chi connectivity index (χ1v) is 6.93. The van der Waals surface area contributed by atoms with E-state index in [2.05, 4.69) is 10.1 Å². The third-order valence-corrected chi connectivity index (χ3v) is 3.79. The summed E-state index contributed by atoms with van der Waals surface area (Å²) in [4.78, 5) is 6.05. The molecule has 0 aromatic carbocycles. The van der Waals surface area contributed by atoms with E-state index in [0.29, 0.717) is 24.7 Å². The summed E-state index contributed by atoms with van der Waals surface area (Å²) >= 11 is 0. The van der Waals surface area contributed by atoms with Crippen LogP contribution in [0.3, 0.4) is 0 Å². The monoisotopic (exact) mass is 291 g/mol. The summed E-state index contributed by atoms with van der Waals surface area (Å²) in [7, 11) is 0. The smallest absolute Gasteiger partial charge is 0.338 e. The number of piperidine rings is 1. The van der Waals surface area contributed by atoms with Crippen LogP contribution in [0.25, 0.3) is 0 Å². The topological polar surface area (TPSA) is 42.2 Å². The Hall–Kier alpha value is -1.11. The van der Waals surface area contributed by atoms with E-state index in [0.717, 1.165) is 0 Å². The van der Waals surface area contributed by atoms with E-state index in [4.69, 9.17) is 4.52 Å². The summed E-state index contributed by atoms with van der Waals surface area (Å²) in [6.07, 6.45) is -3.39. The Kier molecular flexibility index (Phi) is 4.36. The zero-order valence-corrected chi connectivity index (χ0v) is 11.9. The lowest BCUT2D eigenvalue weighted by Crippen LogP contribution is -2.42. The lowest BCUT2D eigenvalue weighted by molar-refractivity contribution is -0.188. The minimum atomic E-state index is -4.13. The average molecular weight is 291 g/mol. The van der Waals surface area contributed by atoms with Crippen LogP contribution in [0.15, 0.2) is 4.52 Å². The first kappa shape index (κ1) is 15.3. The number of likely N-dealkylation sites (tertiary alicyclic amines) is 1. The van der Waals surface area contributed by atoms with Gasteiger partial charge in [-0.25, -0.2) is 0 Å². The van der Waals surface area contributed by atoms with Crippen LogP contribution < -0.4 is 0 Å². The average Bonchev–Trinajstić information content (AvgIpc) is 2.87. The molecule has 0 spiro atoms. The van der Waals surface area contributed by atoms with Crippen LogP contribution in [0.4, 0.5) is 13.2 Å². The molecule has 20 heavy (non-hydrogen) atoms. The molecule has 0 amide bonds. The minimum absolute atomic E-state index is 0.00403. The molecule has 0 aliphatic carbocycles. The highest BCUT2D eigenvalue weighted by molar-refractivity contribution is 4.96. The summed E-state index contributed by atoms with van der Waals surface area (Å²) in [6.45, 7) is 6.34. The van der Waals surface area contributed by atoms with Gasteiger partial charge in [0.2, 0.25) is 5.89 Å². The Morgan fingerprint density at radius 3 is 2.55 bits per heavy atom. The van der Waals surface area contributed by atoms with Gasteiger partial charge in [-0.2, -0.15) is 18.2 Å². The fourth-order valence-corrected chi connectivity index (χ4v) is 2.43. The van der Waals surface area contributed by atoms with Crippen LogP contribution in [0.2, 0.25) is 0 Å². The zero-order chi connectivity index (χ0) is 14.9. The van der Waals surface area contributed by atoms with E-state index >= 15 is 0 Å². The lowest BCUT2D eigenvalue weighted by atomic mass is 9.96. The maximum Gasteiger partial charge on any atom is 0.393 e. The third kappa shape index (κ3) is 3.31. The maximum atomic E-state index is 12.8. The number of hydrogen-bond acceptors (Lipinski definition) is 4. The van der Waals surface area contributed by atoms with Crippen molar-refractivity contribution in [2.24, 2.45) is 5.92 Å². The van der Waals surface area contributed by atoms with Gasteiger partial charge in [0.25, 0.3) is 0 Å². The van der Waals surface area contributed by atoms with Gasteiger partial charge in [-0.15, -0.1) is 0 Å². The maximum absolute atomic E-state index is 12.8. The molecule has 2 atom stereocenters. The molecule has 4 nitrogen and oxygen atoms in total. The van der Waals surface area contributed by atoms with E-state index in [9.17, 15) is 13.2 Å². The zero-order valence-electron chi connectivity index (χ0n) is 11.9. The molecule has 114 valence electrons. The van der Waals surface area contributed by atoms with Crippen LogP contribution in [-0.2, 0) is 0 Å². The normalized spacial score (nSPS) is 23.2. The van der Waals surface area contributed by atoms with Crippen LogP contribution in [0.5, 0.6) is 0 Å². The van der Waals surface area contributed by atoms with Crippen LogP contribution in [0.1, 0.15) is 57.3 Å². The Morgan fingerprint density at radius 1 is 1.30 bits per heavy atom. The van der Waals surface area contributed by atoms with Gasteiger partial charge < -0.3 is 4.52 Å². The third-order valence-electron chi connectivity index (χ3n) is 3.79. The van der Waals surface area contributed by atoms with Gasteiger partial charge in [0.1, 0.15) is 0 Å². The number of rotatable bonds is 3. The summed E-state index contributed by atoms with van der Waals surface area (Å²) in [5.74, 6) is -0.122. The van der Waals surface area contributed by atoms with E-state index in [-0.39, 0.29) is 24.9 Å². The van der Waals surface area contributed by atoms with Gasteiger partial charge in [0.15, 0.2) is 5.82 Å². The molecule has 0 bridgehead atoms.